The Morgan fingerprint density at radius 2 is 1.72 bits per heavy atom. The van der Waals surface area contributed by atoms with E-state index in [1.807, 2.05) is 61.5 Å². The molecule has 0 aliphatic heterocycles. The molecule has 0 N–H and O–H groups in total. The molecule has 0 amide bonds. The fourth-order valence-electron chi connectivity index (χ4n) is 1.59. The molecular weight excluding hydrogens is 224 g/mol. The minimum Gasteiger partial charge on any atom is -0.423 e. The van der Waals surface area contributed by atoms with E-state index in [1.54, 1.807) is 6.08 Å². The second kappa shape index (κ2) is 5.82. The maximum atomic E-state index is 11.1. The van der Waals surface area contributed by atoms with Gasteiger partial charge in [0.15, 0.2) is 0 Å². The number of aryl methyl sites for hydroxylation is 1. The number of rotatable bonds is 3. The van der Waals surface area contributed by atoms with Crippen molar-refractivity contribution in [3.05, 3.63) is 81.9 Å². The zero-order chi connectivity index (χ0) is 12.8. The lowest BCUT2D eigenvalue weighted by Gasteiger charge is -1.93. The summed E-state index contributed by atoms with van der Waals surface area (Å²) < 4.78 is 5.03. The molecule has 2 heteroatoms. The first-order valence-corrected chi connectivity index (χ1v) is 5.76. The van der Waals surface area contributed by atoms with Crippen LogP contribution in [0.5, 0.6) is 0 Å². The summed E-state index contributed by atoms with van der Waals surface area (Å²) in [5, 5.41) is 0. The number of benzene rings is 1. The van der Waals surface area contributed by atoms with Crippen molar-refractivity contribution in [3.8, 4) is 0 Å². The van der Waals surface area contributed by atoms with Gasteiger partial charge >= 0.3 is 5.63 Å². The van der Waals surface area contributed by atoms with Crippen LogP contribution in [0, 0.1) is 6.92 Å². The van der Waals surface area contributed by atoms with E-state index in [4.69, 9.17) is 4.42 Å². The van der Waals surface area contributed by atoms with E-state index in [0.29, 0.717) is 5.76 Å². The van der Waals surface area contributed by atoms with Crippen molar-refractivity contribution >= 4 is 12.2 Å². The molecule has 0 atom stereocenters. The van der Waals surface area contributed by atoms with Crippen LogP contribution in [-0.2, 0) is 0 Å². The summed E-state index contributed by atoms with van der Waals surface area (Å²) in [7, 11) is 0. The van der Waals surface area contributed by atoms with Crippen LogP contribution in [0.2, 0.25) is 0 Å². The molecule has 0 fully saturated rings. The normalized spacial score (nSPS) is 11.4. The Labute approximate surface area is 106 Å². The summed E-state index contributed by atoms with van der Waals surface area (Å²) in [5.74, 6) is 0.567. The third-order valence-corrected chi connectivity index (χ3v) is 2.39. The van der Waals surface area contributed by atoms with Crippen molar-refractivity contribution in [2.75, 3.05) is 0 Å². The maximum Gasteiger partial charge on any atom is 0.336 e. The molecule has 0 saturated heterocycles. The molecule has 90 valence electrons. The predicted molar refractivity (Wildman–Crippen MR) is 74.2 cm³/mol. The van der Waals surface area contributed by atoms with Gasteiger partial charge in [-0.15, -0.1) is 0 Å². The highest BCUT2D eigenvalue weighted by molar-refractivity contribution is 5.54. The molecule has 1 heterocycles. The fraction of sp³-hybridized carbons (Fsp3) is 0.0625. The van der Waals surface area contributed by atoms with Crippen LogP contribution in [0.4, 0.5) is 0 Å². The minimum atomic E-state index is -0.318. The Morgan fingerprint density at radius 3 is 2.44 bits per heavy atom. The van der Waals surface area contributed by atoms with Crippen LogP contribution >= 0.6 is 0 Å². The molecule has 1 aromatic carbocycles. The van der Waals surface area contributed by atoms with Gasteiger partial charge in [0.05, 0.1) is 0 Å². The SMILES string of the molecule is Cc1cc(C=CC=Cc2ccccc2)oc(=O)c1. The average Bonchev–Trinajstić information content (AvgIpc) is 2.35. The zero-order valence-electron chi connectivity index (χ0n) is 10.2. The van der Waals surface area contributed by atoms with Crippen molar-refractivity contribution in [2.45, 2.75) is 6.92 Å². The molecule has 0 spiro atoms. The topological polar surface area (TPSA) is 30.2 Å². The quantitative estimate of drug-likeness (QED) is 0.763. The van der Waals surface area contributed by atoms with Crippen molar-refractivity contribution < 1.29 is 4.42 Å². The van der Waals surface area contributed by atoms with E-state index < -0.39 is 0 Å². The van der Waals surface area contributed by atoms with Crippen molar-refractivity contribution in [1.82, 2.24) is 0 Å². The average molecular weight is 238 g/mol. The Bertz CT molecular complexity index is 619. The van der Waals surface area contributed by atoms with Crippen LogP contribution in [0.3, 0.4) is 0 Å². The molecule has 18 heavy (non-hydrogen) atoms. The van der Waals surface area contributed by atoms with Gasteiger partial charge in [-0.05, 0) is 30.2 Å². The molecule has 2 rings (SSSR count). The summed E-state index contributed by atoms with van der Waals surface area (Å²) in [4.78, 5) is 11.1. The van der Waals surface area contributed by atoms with Gasteiger partial charge < -0.3 is 4.42 Å². The number of hydrogen-bond donors (Lipinski definition) is 0. The van der Waals surface area contributed by atoms with Gasteiger partial charge in [-0.25, -0.2) is 4.79 Å². The van der Waals surface area contributed by atoms with Crippen molar-refractivity contribution in [3.63, 3.8) is 0 Å². The fourth-order valence-corrected chi connectivity index (χ4v) is 1.59. The largest absolute Gasteiger partial charge is 0.423 e. The smallest absolute Gasteiger partial charge is 0.336 e. The van der Waals surface area contributed by atoms with E-state index in [2.05, 4.69) is 0 Å². The Balaban J connectivity index is 2.08. The van der Waals surface area contributed by atoms with Crippen LogP contribution in [-0.4, -0.2) is 0 Å². The molecule has 0 bridgehead atoms. The number of allylic oxidation sites excluding steroid dienone is 2. The van der Waals surface area contributed by atoms with Crippen LogP contribution in [0.1, 0.15) is 16.9 Å². The van der Waals surface area contributed by atoms with Gasteiger partial charge in [0.2, 0.25) is 0 Å². The standard InChI is InChI=1S/C16H14O2/c1-13-11-15(18-16(17)12-13)10-6-5-9-14-7-3-2-4-8-14/h2-12H,1H3. The van der Waals surface area contributed by atoms with Gasteiger partial charge in [0.25, 0.3) is 0 Å². The van der Waals surface area contributed by atoms with E-state index in [9.17, 15) is 4.79 Å². The molecular formula is C16H14O2. The highest BCUT2D eigenvalue weighted by atomic mass is 16.4. The third-order valence-electron chi connectivity index (χ3n) is 2.39. The van der Waals surface area contributed by atoms with Gasteiger partial charge in [0.1, 0.15) is 5.76 Å². The highest BCUT2D eigenvalue weighted by Gasteiger charge is 1.93. The molecule has 2 aromatic rings. The monoisotopic (exact) mass is 238 g/mol. The molecule has 0 unspecified atom stereocenters. The van der Waals surface area contributed by atoms with Gasteiger partial charge in [-0.2, -0.15) is 0 Å². The predicted octanol–water partition coefficient (Wildman–Crippen LogP) is 3.67. The van der Waals surface area contributed by atoms with Gasteiger partial charge in [-0.3, -0.25) is 0 Å². The van der Waals surface area contributed by atoms with E-state index in [1.165, 1.54) is 6.07 Å². The lowest BCUT2D eigenvalue weighted by atomic mass is 10.2. The minimum absolute atomic E-state index is 0.318. The summed E-state index contributed by atoms with van der Waals surface area (Å²) in [6.45, 7) is 1.87. The first-order valence-electron chi connectivity index (χ1n) is 5.76. The maximum absolute atomic E-state index is 11.1. The number of hydrogen-bond acceptors (Lipinski definition) is 2. The first-order chi connectivity index (χ1) is 8.74. The molecule has 0 aliphatic rings. The van der Waals surface area contributed by atoms with E-state index in [0.717, 1.165) is 11.1 Å². The lowest BCUT2D eigenvalue weighted by Crippen LogP contribution is -1.97. The van der Waals surface area contributed by atoms with E-state index in [-0.39, 0.29) is 5.63 Å². The zero-order valence-corrected chi connectivity index (χ0v) is 10.2. The van der Waals surface area contributed by atoms with Crippen LogP contribution in [0.25, 0.3) is 12.2 Å². The lowest BCUT2D eigenvalue weighted by molar-refractivity contribution is 0.499. The Hall–Kier alpha value is -2.35. The summed E-state index contributed by atoms with van der Waals surface area (Å²) in [6, 6.07) is 13.3. The second-order valence-electron chi connectivity index (χ2n) is 3.99. The second-order valence-corrected chi connectivity index (χ2v) is 3.99. The summed E-state index contributed by atoms with van der Waals surface area (Å²) in [5.41, 5.74) is 1.72. The molecule has 1 aromatic heterocycles. The Kier molecular flexibility index (Phi) is 3.92. The molecule has 0 radical (unpaired) electrons. The van der Waals surface area contributed by atoms with Crippen LogP contribution < -0.4 is 5.63 Å². The van der Waals surface area contributed by atoms with Crippen molar-refractivity contribution in [1.29, 1.82) is 0 Å². The third kappa shape index (κ3) is 3.59. The highest BCUT2D eigenvalue weighted by Crippen LogP contribution is 2.04. The molecule has 0 aliphatic carbocycles. The molecule has 0 saturated carbocycles. The van der Waals surface area contributed by atoms with E-state index >= 15 is 0 Å². The Morgan fingerprint density at radius 1 is 1.00 bits per heavy atom. The van der Waals surface area contributed by atoms with Gasteiger partial charge in [0, 0.05) is 6.07 Å². The van der Waals surface area contributed by atoms with Gasteiger partial charge in [-0.1, -0.05) is 48.6 Å². The first kappa shape index (κ1) is 12.1. The molecule has 2 nitrogen and oxygen atoms in total. The summed E-state index contributed by atoms with van der Waals surface area (Å²) >= 11 is 0. The summed E-state index contributed by atoms with van der Waals surface area (Å²) in [6.07, 6.45) is 7.53. The van der Waals surface area contributed by atoms with Crippen LogP contribution in [0.15, 0.2) is 63.8 Å². The van der Waals surface area contributed by atoms with Crippen molar-refractivity contribution in [2.24, 2.45) is 0 Å².